The minimum absolute atomic E-state index is 0.0554. The predicted molar refractivity (Wildman–Crippen MR) is 117 cm³/mol. The molecule has 3 aromatic rings. The molecule has 2 heterocycles. The number of fused-ring (bicyclic) bond motifs is 3. The number of nitro benzene ring substituents is 1. The molecule has 2 atom stereocenters. The van der Waals surface area contributed by atoms with Crippen molar-refractivity contribution in [3.05, 3.63) is 100 Å². The maximum atomic E-state index is 13.5. The maximum Gasteiger partial charge on any atom is 0.289 e. The van der Waals surface area contributed by atoms with Gasteiger partial charge in [0.05, 0.1) is 22.6 Å². The number of hydrogen-bond donors (Lipinski definition) is 0. The molecular weight excluding hydrogens is 430 g/mol. The van der Waals surface area contributed by atoms with Crippen LogP contribution in [0.3, 0.4) is 0 Å². The lowest BCUT2D eigenvalue weighted by atomic mass is 9.78. The van der Waals surface area contributed by atoms with Gasteiger partial charge in [0, 0.05) is 19.2 Å². The lowest BCUT2D eigenvalue weighted by Gasteiger charge is -2.52. The Kier molecular flexibility index (Phi) is 4.70. The van der Waals surface area contributed by atoms with Gasteiger partial charge in [0.2, 0.25) is 5.91 Å². The fourth-order valence-electron chi connectivity index (χ4n) is 4.55. The zero-order valence-electron chi connectivity index (χ0n) is 16.9. The fourth-order valence-corrected chi connectivity index (χ4v) is 6.23. The number of anilines is 1. The molecule has 0 N–H and O–H groups in total. The van der Waals surface area contributed by atoms with Crippen molar-refractivity contribution in [2.24, 2.45) is 5.92 Å². The second-order valence-corrected chi connectivity index (χ2v) is 9.65. The molecule has 9 heteroatoms. The minimum atomic E-state index is -4.25. The SMILES string of the molecule is O=C1C2CN(S(=O)(=O)c3ccccc3[N+](=O)[O-])c3ccccc3C2N1Cc1ccccc1. The summed E-state index contributed by atoms with van der Waals surface area (Å²) in [6.45, 7) is 0.381. The molecule has 5 rings (SSSR count). The Morgan fingerprint density at radius 3 is 2.34 bits per heavy atom. The molecule has 1 saturated heterocycles. The van der Waals surface area contributed by atoms with Crippen LogP contribution in [0.5, 0.6) is 0 Å². The van der Waals surface area contributed by atoms with Crippen molar-refractivity contribution in [2.45, 2.75) is 17.5 Å². The Hall–Kier alpha value is -3.72. The lowest BCUT2D eigenvalue weighted by molar-refractivity contribution is -0.387. The topological polar surface area (TPSA) is 101 Å². The molecule has 32 heavy (non-hydrogen) atoms. The van der Waals surface area contributed by atoms with Crippen LogP contribution >= 0.6 is 0 Å². The van der Waals surface area contributed by atoms with Gasteiger partial charge in [-0.1, -0.05) is 60.7 Å². The fraction of sp³-hybridized carbons (Fsp3) is 0.174. The third-order valence-corrected chi connectivity index (χ3v) is 7.86. The molecule has 0 radical (unpaired) electrons. The van der Waals surface area contributed by atoms with Crippen LogP contribution in [0.2, 0.25) is 0 Å². The normalized spacial score (nSPS) is 19.7. The van der Waals surface area contributed by atoms with E-state index < -0.39 is 26.6 Å². The van der Waals surface area contributed by atoms with Gasteiger partial charge in [0.15, 0.2) is 4.90 Å². The van der Waals surface area contributed by atoms with Crippen LogP contribution in [0, 0.1) is 16.0 Å². The average Bonchev–Trinajstić information content (AvgIpc) is 2.81. The number of β-lactam (4-membered cyclic amide) rings is 1. The lowest BCUT2D eigenvalue weighted by Crippen LogP contribution is -2.61. The first-order valence-corrected chi connectivity index (χ1v) is 11.5. The first kappa shape index (κ1) is 20.2. The molecular formula is C23H19N3O5S. The highest BCUT2D eigenvalue weighted by molar-refractivity contribution is 7.93. The molecule has 0 saturated carbocycles. The number of sulfonamides is 1. The van der Waals surface area contributed by atoms with Crippen LogP contribution < -0.4 is 4.31 Å². The van der Waals surface area contributed by atoms with Gasteiger partial charge in [-0.25, -0.2) is 8.42 Å². The smallest absolute Gasteiger partial charge is 0.289 e. The zero-order chi connectivity index (χ0) is 22.5. The number of carbonyl (C=O) groups is 1. The van der Waals surface area contributed by atoms with Gasteiger partial charge in [-0.3, -0.25) is 19.2 Å². The van der Waals surface area contributed by atoms with Crippen LogP contribution in [0.15, 0.2) is 83.8 Å². The van der Waals surface area contributed by atoms with Crippen molar-refractivity contribution < 1.29 is 18.1 Å². The average molecular weight is 449 g/mol. The van der Waals surface area contributed by atoms with E-state index in [1.54, 1.807) is 23.1 Å². The van der Waals surface area contributed by atoms with Crippen molar-refractivity contribution in [2.75, 3.05) is 10.8 Å². The molecule has 1 amide bonds. The second kappa shape index (κ2) is 7.45. The Morgan fingerprint density at radius 2 is 1.59 bits per heavy atom. The molecule has 8 nitrogen and oxygen atoms in total. The molecule has 2 aliphatic heterocycles. The van der Waals surface area contributed by atoms with Gasteiger partial charge >= 0.3 is 0 Å². The number of rotatable bonds is 5. The Bertz CT molecular complexity index is 1330. The van der Waals surface area contributed by atoms with Crippen LogP contribution in [0.25, 0.3) is 0 Å². The second-order valence-electron chi connectivity index (χ2n) is 7.82. The first-order valence-electron chi connectivity index (χ1n) is 10.1. The summed E-state index contributed by atoms with van der Waals surface area (Å²) >= 11 is 0. The first-order chi connectivity index (χ1) is 15.4. The highest BCUT2D eigenvalue weighted by Gasteiger charge is 2.54. The van der Waals surface area contributed by atoms with E-state index in [0.29, 0.717) is 12.2 Å². The number of carbonyl (C=O) groups excluding carboxylic acids is 1. The molecule has 0 spiro atoms. The summed E-state index contributed by atoms with van der Waals surface area (Å²) in [6, 6.07) is 21.7. The Morgan fingerprint density at radius 1 is 0.938 bits per heavy atom. The van der Waals surface area contributed by atoms with Gasteiger partial charge in [0.25, 0.3) is 15.7 Å². The summed E-state index contributed by atoms with van der Waals surface area (Å²) in [6.07, 6.45) is 0. The Balaban J connectivity index is 1.56. The number of benzene rings is 3. The Labute approximate surface area is 184 Å². The van der Waals surface area contributed by atoms with Crippen LogP contribution in [-0.2, 0) is 21.4 Å². The number of nitro groups is 1. The predicted octanol–water partition coefficient (Wildman–Crippen LogP) is 3.50. The van der Waals surface area contributed by atoms with Gasteiger partial charge in [-0.05, 0) is 23.3 Å². The molecule has 0 bridgehead atoms. The van der Waals surface area contributed by atoms with E-state index in [1.807, 2.05) is 36.4 Å². The third-order valence-electron chi connectivity index (χ3n) is 6.03. The van der Waals surface area contributed by atoms with E-state index in [0.717, 1.165) is 15.4 Å². The van der Waals surface area contributed by atoms with Crippen molar-refractivity contribution in [1.82, 2.24) is 4.90 Å². The van der Waals surface area contributed by atoms with E-state index in [4.69, 9.17) is 0 Å². The number of para-hydroxylation sites is 2. The van der Waals surface area contributed by atoms with Crippen molar-refractivity contribution >= 4 is 27.3 Å². The van der Waals surface area contributed by atoms with Gasteiger partial charge < -0.3 is 4.90 Å². The number of nitrogens with zero attached hydrogens (tertiary/aromatic N) is 3. The van der Waals surface area contributed by atoms with Gasteiger partial charge in [-0.2, -0.15) is 0 Å². The summed E-state index contributed by atoms with van der Waals surface area (Å²) in [4.78, 5) is 25.1. The number of likely N-dealkylation sites (tertiary alicyclic amines) is 1. The molecule has 2 aliphatic rings. The van der Waals surface area contributed by atoms with Crippen LogP contribution in [0.1, 0.15) is 17.2 Å². The maximum absolute atomic E-state index is 13.5. The summed E-state index contributed by atoms with van der Waals surface area (Å²) in [5, 5.41) is 11.5. The van der Waals surface area contributed by atoms with E-state index in [1.165, 1.54) is 24.3 Å². The van der Waals surface area contributed by atoms with Crippen molar-refractivity contribution in [3.63, 3.8) is 0 Å². The molecule has 0 aliphatic carbocycles. The highest BCUT2D eigenvalue weighted by atomic mass is 32.2. The number of amides is 1. The van der Waals surface area contributed by atoms with E-state index in [9.17, 15) is 23.3 Å². The van der Waals surface area contributed by atoms with E-state index in [2.05, 4.69) is 0 Å². The summed E-state index contributed by atoms with van der Waals surface area (Å²) < 4.78 is 28.2. The van der Waals surface area contributed by atoms with Crippen LogP contribution in [-0.4, -0.2) is 30.7 Å². The minimum Gasteiger partial charge on any atom is -0.330 e. The summed E-state index contributed by atoms with van der Waals surface area (Å²) in [5.74, 6) is -0.665. The summed E-state index contributed by atoms with van der Waals surface area (Å²) in [7, 11) is -4.25. The third kappa shape index (κ3) is 3.04. The molecule has 0 aromatic heterocycles. The molecule has 2 unspecified atom stereocenters. The highest BCUT2D eigenvalue weighted by Crippen LogP contribution is 2.50. The standard InChI is InChI=1S/C23H19N3O5S/c27-23-18-15-25(32(30,31)21-13-7-6-12-20(21)26(28)29)19-11-5-4-10-17(19)22(18)24(23)14-16-8-2-1-3-9-16/h1-13,18,22H,14-15H2. The molecule has 3 aromatic carbocycles. The zero-order valence-corrected chi connectivity index (χ0v) is 17.7. The summed E-state index contributed by atoms with van der Waals surface area (Å²) in [5.41, 5.74) is 1.67. The molecule has 162 valence electrons. The quantitative estimate of drug-likeness (QED) is 0.337. The van der Waals surface area contributed by atoms with E-state index in [-0.39, 0.29) is 23.4 Å². The van der Waals surface area contributed by atoms with Gasteiger partial charge in [-0.15, -0.1) is 0 Å². The monoisotopic (exact) mass is 449 g/mol. The van der Waals surface area contributed by atoms with Crippen molar-refractivity contribution in [1.29, 1.82) is 0 Å². The van der Waals surface area contributed by atoms with Crippen LogP contribution in [0.4, 0.5) is 11.4 Å². The van der Waals surface area contributed by atoms with E-state index >= 15 is 0 Å². The van der Waals surface area contributed by atoms with Gasteiger partial charge in [0.1, 0.15) is 0 Å². The molecule has 1 fully saturated rings. The number of hydrogen-bond acceptors (Lipinski definition) is 5. The van der Waals surface area contributed by atoms with Crippen molar-refractivity contribution in [3.8, 4) is 0 Å². The largest absolute Gasteiger partial charge is 0.330 e.